The molecule has 2 aliphatic rings. The third-order valence-corrected chi connectivity index (χ3v) is 2.61. The molecule has 0 aliphatic carbocycles. The standard InChI is InChI=1S/C8H17N3O/c12-8(3-4-9-7-8)10-11-5-1-2-6-11/h9-10,12H,1-7H2. The van der Waals surface area contributed by atoms with Crippen LogP contribution in [0.3, 0.4) is 0 Å². The predicted molar refractivity (Wildman–Crippen MR) is 46.4 cm³/mol. The van der Waals surface area contributed by atoms with E-state index in [1.54, 1.807) is 0 Å². The van der Waals surface area contributed by atoms with Gasteiger partial charge in [-0.15, -0.1) is 0 Å². The predicted octanol–water partition coefficient (Wildman–Crippen LogP) is -0.731. The first-order chi connectivity index (χ1) is 5.79. The fraction of sp³-hybridized carbons (Fsp3) is 1.00. The van der Waals surface area contributed by atoms with Gasteiger partial charge in [0.25, 0.3) is 0 Å². The van der Waals surface area contributed by atoms with Crippen LogP contribution >= 0.6 is 0 Å². The van der Waals surface area contributed by atoms with Crippen LogP contribution in [0.25, 0.3) is 0 Å². The van der Waals surface area contributed by atoms with Crippen LogP contribution in [0, 0.1) is 0 Å². The molecule has 12 heavy (non-hydrogen) atoms. The van der Waals surface area contributed by atoms with Crippen LogP contribution < -0.4 is 10.7 Å². The van der Waals surface area contributed by atoms with E-state index >= 15 is 0 Å². The minimum absolute atomic E-state index is 0.670. The van der Waals surface area contributed by atoms with Gasteiger partial charge in [-0.1, -0.05) is 0 Å². The van der Waals surface area contributed by atoms with Crippen LogP contribution in [0.1, 0.15) is 19.3 Å². The second-order valence-corrected chi connectivity index (χ2v) is 3.76. The van der Waals surface area contributed by atoms with Gasteiger partial charge in [-0.05, 0) is 19.4 Å². The molecule has 0 aromatic carbocycles. The van der Waals surface area contributed by atoms with Crippen LogP contribution in [0.4, 0.5) is 0 Å². The number of β-amino-alcohol motifs (C(OH)–C–C–N with tert-alkyl or cyclic N) is 1. The average molecular weight is 171 g/mol. The van der Waals surface area contributed by atoms with Crippen molar-refractivity contribution in [2.24, 2.45) is 0 Å². The van der Waals surface area contributed by atoms with Crippen molar-refractivity contribution >= 4 is 0 Å². The van der Waals surface area contributed by atoms with Gasteiger partial charge < -0.3 is 10.4 Å². The van der Waals surface area contributed by atoms with Gasteiger partial charge in [-0.2, -0.15) is 0 Å². The van der Waals surface area contributed by atoms with Crippen LogP contribution in [-0.2, 0) is 0 Å². The molecule has 3 N–H and O–H groups in total. The largest absolute Gasteiger partial charge is 0.373 e. The quantitative estimate of drug-likeness (QED) is 0.479. The number of rotatable bonds is 2. The maximum atomic E-state index is 9.94. The first kappa shape index (κ1) is 8.44. The molecule has 4 nitrogen and oxygen atoms in total. The van der Waals surface area contributed by atoms with Gasteiger partial charge in [0.1, 0.15) is 5.72 Å². The molecule has 70 valence electrons. The van der Waals surface area contributed by atoms with Crippen LogP contribution in [0.5, 0.6) is 0 Å². The molecule has 0 saturated carbocycles. The first-order valence-corrected chi connectivity index (χ1v) is 4.74. The number of hydrogen-bond acceptors (Lipinski definition) is 4. The number of aliphatic hydroxyl groups is 1. The van der Waals surface area contributed by atoms with E-state index in [2.05, 4.69) is 15.8 Å². The zero-order valence-electron chi connectivity index (χ0n) is 7.34. The Kier molecular flexibility index (Phi) is 2.32. The number of nitrogens with one attached hydrogen (secondary N) is 2. The summed E-state index contributed by atoms with van der Waals surface area (Å²) in [5, 5.41) is 15.2. The van der Waals surface area contributed by atoms with Gasteiger partial charge in [-0.25, -0.2) is 10.4 Å². The summed E-state index contributed by atoms with van der Waals surface area (Å²) in [5.41, 5.74) is 2.50. The first-order valence-electron chi connectivity index (χ1n) is 4.74. The Morgan fingerprint density at radius 1 is 1.33 bits per heavy atom. The normalized spacial score (nSPS) is 37.8. The summed E-state index contributed by atoms with van der Waals surface area (Å²) >= 11 is 0. The van der Waals surface area contributed by atoms with Gasteiger partial charge in [0.05, 0.1) is 0 Å². The second kappa shape index (κ2) is 3.30. The zero-order chi connectivity index (χ0) is 8.44. The summed E-state index contributed by atoms with van der Waals surface area (Å²) in [5.74, 6) is 0. The summed E-state index contributed by atoms with van der Waals surface area (Å²) in [6, 6.07) is 0. The third-order valence-electron chi connectivity index (χ3n) is 2.61. The number of hydrazine groups is 1. The van der Waals surface area contributed by atoms with E-state index in [-0.39, 0.29) is 0 Å². The molecule has 2 aliphatic heterocycles. The number of nitrogens with zero attached hydrogens (tertiary/aromatic N) is 1. The van der Waals surface area contributed by atoms with Crippen molar-refractivity contribution in [2.75, 3.05) is 26.2 Å². The van der Waals surface area contributed by atoms with E-state index in [0.29, 0.717) is 6.54 Å². The highest BCUT2D eigenvalue weighted by Gasteiger charge is 2.32. The highest BCUT2D eigenvalue weighted by Crippen LogP contribution is 2.13. The Hall–Kier alpha value is -0.160. The Labute approximate surface area is 72.9 Å². The van der Waals surface area contributed by atoms with Gasteiger partial charge >= 0.3 is 0 Å². The van der Waals surface area contributed by atoms with Crippen molar-refractivity contribution in [3.63, 3.8) is 0 Å². The molecular weight excluding hydrogens is 154 g/mol. The average Bonchev–Trinajstić information content (AvgIpc) is 2.62. The van der Waals surface area contributed by atoms with Crippen LogP contribution in [0.2, 0.25) is 0 Å². The van der Waals surface area contributed by atoms with Crippen molar-refractivity contribution in [3.8, 4) is 0 Å². The Bertz CT molecular complexity index is 150. The SMILES string of the molecule is OC1(NN2CCCC2)CCNC1. The molecule has 0 radical (unpaired) electrons. The molecule has 2 saturated heterocycles. The third kappa shape index (κ3) is 1.77. The summed E-state index contributed by atoms with van der Waals surface area (Å²) in [4.78, 5) is 0. The lowest BCUT2D eigenvalue weighted by Crippen LogP contribution is -2.54. The maximum Gasteiger partial charge on any atom is 0.142 e. The van der Waals surface area contributed by atoms with Crippen molar-refractivity contribution < 1.29 is 5.11 Å². The molecule has 2 fully saturated rings. The molecule has 0 spiro atoms. The van der Waals surface area contributed by atoms with E-state index in [9.17, 15) is 5.11 Å². The smallest absolute Gasteiger partial charge is 0.142 e. The van der Waals surface area contributed by atoms with E-state index in [4.69, 9.17) is 0 Å². The van der Waals surface area contributed by atoms with E-state index in [1.165, 1.54) is 12.8 Å². The molecular formula is C8H17N3O. The highest BCUT2D eigenvalue weighted by molar-refractivity contribution is 4.85. The molecule has 0 bridgehead atoms. The molecule has 0 aromatic rings. The molecule has 4 heteroatoms. The molecule has 0 aromatic heterocycles. The lowest BCUT2D eigenvalue weighted by molar-refractivity contribution is -0.0398. The lowest BCUT2D eigenvalue weighted by Gasteiger charge is -2.29. The van der Waals surface area contributed by atoms with Gasteiger partial charge in [0.15, 0.2) is 0 Å². The molecule has 1 unspecified atom stereocenters. The van der Waals surface area contributed by atoms with Crippen molar-refractivity contribution in [3.05, 3.63) is 0 Å². The van der Waals surface area contributed by atoms with Crippen LogP contribution in [-0.4, -0.2) is 42.0 Å². The second-order valence-electron chi connectivity index (χ2n) is 3.76. The Balaban J connectivity index is 1.83. The lowest BCUT2D eigenvalue weighted by atomic mass is 10.2. The van der Waals surface area contributed by atoms with E-state index < -0.39 is 5.72 Å². The summed E-state index contributed by atoms with van der Waals surface area (Å²) in [6.07, 6.45) is 3.30. The Morgan fingerprint density at radius 2 is 2.08 bits per heavy atom. The monoisotopic (exact) mass is 171 g/mol. The highest BCUT2D eigenvalue weighted by atomic mass is 16.3. The summed E-state index contributed by atoms with van der Waals surface area (Å²) < 4.78 is 0. The van der Waals surface area contributed by atoms with Crippen LogP contribution in [0.15, 0.2) is 0 Å². The molecule has 0 amide bonds. The molecule has 2 heterocycles. The molecule has 2 rings (SSSR count). The van der Waals surface area contributed by atoms with Gasteiger partial charge in [0, 0.05) is 26.1 Å². The van der Waals surface area contributed by atoms with Gasteiger partial charge in [-0.3, -0.25) is 0 Å². The minimum Gasteiger partial charge on any atom is -0.373 e. The van der Waals surface area contributed by atoms with Crippen molar-refractivity contribution in [1.29, 1.82) is 0 Å². The topological polar surface area (TPSA) is 47.5 Å². The van der Waals surface area contributed by atoms with E-state index in [0.717, 1.165) is 26.1 Å². The minimum atomic E-state index is -0.676. The Morgan fingerprint density at radius 3 is 2.67 bits per heavy atom. The number of hydrogen-bond donors (Lipinski definition) is 3. The van der Waals surface area contributed by atoms with Gasteiger partial charge in [0.2, 0.25) is 0 Å². The fourth-order valence-corrected chi connectivity index (χ4v) is 1.90. The summed E-state index contributed by atoms with van der Waals surface area (Å²) in [6.45, 7) is 3.73. The van der Waals surface area contributed by atoms with E-state index in [1.807, 2.05) is 0 Å². The molecule has 1 atom stereocenters. The van der Waals surface area contributed by atoms with Crippen molar-refractivity contribution in [2.45, 2.75) is 25.0 Å². The summed E-state index contributed by atoms with van der Waals surface area (Å²) in [7, 11) is 0. The zero-order valence-corrected chi connectivity index (χ0v) is 7.34. The fourth-order valence-electron chi connectivity index (χ4n) is 1.90. The van der Waals surface area contributed by atoms with Crippen molar-refractivity contribution in [1.82, 2.24) is 15.8 Å². The maximum absolute atomic E-state index is 9.94.